The van der Waals surface area contributed by atoms with E-state index in [1.807, 2.05) is 18.3 Å². The summed E-state index contributed by atoms with van der Waals surface area (Å²) in [5.41, 5.74) is 3.56. The van der Waals surface area contributed by atoms with Crippen molar-refractivity contribution in [1.82, 2.24) is 24.8 Å². The maximum atomic E-state index is 9.03. The van der Waals surface area contributed by atoms with Gasteiger partial charge in [0.05, 0.1) is 17.4 Å². The molecule has 3 aromatic heterocycles. The molecule has 9 nitrogen and oxygen atoms in total. The highest BCUT2D eigenvalue weighted by Gasteiger charge is 2.14. The van der Waals surface area contributed by atoms with Gasteiger partial charge in [0.2, 0.25) is 5.16 Å². The molecule has 1 fully saturated rings. The molecule has 0 unspecified atom stereocenters. The minimum atomic E-state index is 0.416. The quantitative estimate of drug-likeness (QED) is 0.278. The lowest BCUT2D eigenvalue weighted by molar-refractivity contribution is 0.0904. The van der Waals surface area contributed by atoms with Gasteiger partial charge in [0.15, 0.2) is 5.65 Å². The van der Waals surface area contributed by atoms with Crippen molar-refractivity contribution >= 4 is 39.7 Å². The van der Waals surface area contributed by atoms with Crippen molar-refractivity contribution in [3.63, 3.8) is 0 Å². The van der Waals surface area contributed by atoms with Gasteiger partial charge in [0.1, 0.15) is 11.4 Å². The monoisotopic (exact) mass is 435 g/mol. The molecule has 1 aromatic carbocycles. The number of nitrogens with one attached hydrogen (secondary N) is 1. The van der Waals surface area contributed by atoms with E-state index in [0.717, 1.165) is 47.5 Å². The number of nitrogens with zero attached hydrogens (tertiary/aromatic N) is 6. The fourth-order valence-electron chi connectivity index (χ4n) is 3.51. The predicted octanol–water partition coefficient (Wildman–Crippen LogP) is 3.61. The Morgan fingerprint density at radius 2 is 2.06 bits per heavy atom. The average molecular weight is 436 g/mol. The number of hydrogen-bond donors (Lipinski definition) is 2. The first kappa shape index (κ1) is 19.7. The SMILES string of the molecule is CC(=NO)c1ccc2nnc(Sc3ccc4ncc(NC5CCOCC5)cc4c3)n2n1. The third kappa shape index (κ3) is 4.17. The van der Waals surface area contributed by atoms with Gasteiger partial charge < -0.3 is 15.3 Å². The van der Waals surface area contributed by atoms with Crippen molar-refractivity contribution in [2.75, 3.05) is 18.5 Å². The predicted molar refractivity (Wildman–Crippen MR) is 118 cm³/mol. The first-order chi connectivity index (χ1) is 15.2. The first-order valence-electron chi connectivity index (χ1n) is 10.0. The molecule has 0 atom stereocenters. The van der Waals surface area contributed by atoms with E-state index in [4.69, 9.17) is 9.94 Å². The summed E-state index contributed by atoms with van der Waals surface area (Å²) in [5.74, 6) is 0. The maximum absolute atomic E-state index is 9.03. The van der Waals surface area contributed by atoms with Gasteiger partial charge in [-0.15, -0.1) is 10.2 Å². The molecular formula is C21H21N7O2S. The summed E-state index contributed by atoms with van der Waals surface area (Å²) in [6.45, 7) is 3.28. The molecule has 31 heavy (non-hydrogen) atoms. The van der Waals surface area contributed by atoms with Crippen LogP contribution in [0.15, 0.2) is 57.8 Å². The van der Waals surface area contributed by atoms with Crippen LogP contribution in [0.5, 0.6) is 0 Å². The Kier molecular flexibility index (Phi) is 5.39. The lowest BCUT2D eigenvalue weighted by Crippen LogP contribution is -2.27. The van der Waals surface area contributed by atoms with E-state index in [1.54, 1.807) is 23.6 Å². The topological polar surface area (TPSA) is 110 Å². The molecule has 4 heterocycles. The molecule has 0 aliphatic carbocycles. The number of aromatic nitrogens is 5. The highest BCUT2D eigenvalue weighted by atomic mass is 32.2. The van der Waals surface area contributed by atoms with Gasteiger partial charge in [0, 0.05) is 29.5 Å². The fourth-order valence-corrected chi connectivity index (χ4v) is 4.35. The lowest BCUT2D eigenvalue weighted by Gasteiger charge is -2.24. The Balaban J connectivity index is 1.42. The summed E-state index contributed by atoms with van der Waals surface area (Å²) >= 11 is 1.47. The molecule has 0 bridgehead atoms. The second kappa shape index (κ2) is 8.48. The van der Waals surface area contributed by atoms with Crippen LogP contribution in [-0.4, -0.2) is 55.0 Å². The zero-order valence-corrected chi connectivity index (χ0v) is 17.7. The first-order valence-corrected chi connectivity index (χ1v) is 10.8. The minimum absolute atomic E-state index is 0.416. The third-order valence-electron chi connectivity index (χ3n) is 5.21. The molecule has 1 aliphatic rings. The van der Waals surface area contributed by atoms with E-state index in [2.05, 4.69) is 42.9 Å². The van der Waals surface area contributed by atoms with Gasteiger partial charge in [0.25, 0.3) is 0 Å². The number of rotatable bonds is 5. The van der Waals surface area contributed by atoms with Gasteiger partial charge in [-0.25, -0.2) is 0 Å². The van der Waals surface area contributed by atoms with Gasteiger partial charge in [-0.05, 0) is 67.9 Å². The summed E-state index contributed by atoms with van der Waals surface area (Å²) in [7, 11) is 0. The highest BCUT2D eigenvalue weighted by Crippen LogP contribution is 2.29. The van der Waals surface area contributed by atoms with Crippen molar-refractivity contribution in [2.24, 2.45) is 5.16 Å². The number of pyridine rings is 1. The van der Waals surface area contributed by atoms with E-state index >= 15 is 0 Å². The van der Waals surface area contributed by atoms with Crippen LogP contribution in [0.2, 0.25) is 0 Å². The van der Waals surface area contributed by atoms with Gasteiger partial charge in [-0.1, -0.05) is 5.16 Å². The summed E-state index contributed by atoms with van der Waals surface area (Å²) in [6.07, 6.45) is 3.89. The fraction of sp³-hybridized carbons (Fsp3) is 0.286. The molecule has 0 amide bonds. The van der Waals surface area contributed by atoms with Crippen LogP contribution in [0.4, 0.5) is 5.69 Å². The van der Waals surface area contributed by atoms with E-state index < -0.39 is 0 Å². The third-order valence-corrected chi connectivity index (χ3v) is 6.14. The average Bonchev–Trinajstić information content (AvgIpc) is 3.21. The minimum Gasteiger partial charge on any atom is -0.411 e. The van der Waals surface area contributed by atoms with Gasteiger partial charge in [-0.3, -0.25) is 4.98 Å². The largest absolute Gasteiger partial charge is 0.411 e. The van der Waals surface area contributed by atoms with Crippen molar-refractivity contribution in [2.45, 2.75) is 35.9 Å². The van der Waals surface area contributed by atoms with E-state index in [-0.39, 0.29) is 0 Å². The number of hydrogen-bond acceptors (Lipinski definition) is 9. The molecule has 2 N–H and O–H groups in total. The van der Waals surface area contributed by atoms with Gasteiger partial charge >= 0.3 is 0 Å². The van der Waals surface area contributed by atoms with Crippen molar-refractivity contribution in [3.8, 4) is 0 Å². The second-order valence-electron chi connectivity index (χ2n) is 7.37. The Labute approximate surface area is 182 Å². The van der Waals surface area contributed by atoms with Crippen LogP contribution in [0.1, 0.15) is 25.5 Å². The summed E-state index contributed by atoms with van der Waals surface area (Å²) in [4.78, 5) is 5.60. The van der Waals surface area contributed by atoms with Crippen molar-refractivity contribution in [3.05, 3.63) is 48.3 Å². The Bertz CT molecular complexity index is 1270. The molecule has 158 valence electrons. The Morgan fingerprint density at radius 3 is 2.90 bits per heavy atom. The number of benzene rings is 1. The van der Waals surface area contributed by atoms with Crippen LogP contribution in [0, 0.1) is 0 Å². The molecule has 5 rings (SSSR count). The number of fused-ring (bicyclic) bond motifs is 2. The summed E-state index contributed by atoms with van der Waals surface area (Å²) < 4.78 is 7.09. The summed E-state index contributed by atoms with van der Waals surface area (Å²) in [6, 6.07) is 12.2. The second-order valence-corrected chi connectivity index (χ2v) is 8.41. The standard InChI is InChI=1S/C21H21N7O2S/c1-13(27-29)18-4-5-20-24-25-21(28(20)26-18)31-17-2-3-19-14(11-17)10-16(12-22-19)23-15-6-8-30-9-7-15/h2-5,10-12,15,23,29H,6-9H2,1H3. The van der Waals surface area contributed by atoms with Crippen LogP contribution in [0.3, 0.4) is 0 Å². The highest BCUT2D eigenvalue weighted by molar-refractivity contribution is 7.99. The van der Waals surface area contributed by atoms with Crippen LogP contribution >= 0.6 is 11.8 Å². The number of ether oxygens (including phenoxy) is 1. The smallest absolute Gasteiger partial charge is 0.217 e. The molecular weight excluding hydrogens is 414 g/mol. The molecule has 0 radical (unpaired) electrons. The molecule has 0 saturated carbocycles. The molecule has 1 aliphatic heterocycles. The van der Waals surface area contributed by atoms with E-state index in [0.29, 0.717) is 28.3 Å². The van der Waals surface area contributed by atoms with Crippen molar-refractivity contribution in [1.29, 1.82) is 0 Å². The Morgan fingerprint density at radius 1 is 1.19 bits per heavy atom. The Hall–Kier alpha value is -3.24. The summed E-state index contributed by atoms with van der Waals surface area (Å²) in [5, 5.41) is 30.4. The van der Waals surface area contributed by atoms with Crippen molar-refractivity contribution < 1.29 is 9.94 Å². The van der Waals surface area contributed by atoms with Crippen LogP contribution < -0.4 is 5.32 Å². The lowest BCUT2D eigenvalue weighted by atomic mass is 10.1. The zero-order chi connectivity index (χ0) is 21.2. The van der Waals surface area contributed by atoms with E-state index in [1.165, 1.54) is 11.8 Å². The molecule has 10 heteroatoms. The number of anilines is 1. The zero-order valence-electron chi connectivity index (χ0n) is 16.9. The van der Waals surface area contributed by atoms with E-state index in [9.17, 15) is 0 Å². The van der Waals surface area contributed by atoms with Gasteiger partial charge in [-0.2, -0.15) is 9.61 Å². The normalized spacial score (nSPS) is 15.6. The maximum Gasteiger partial charge on any atom is 0.217 e. The van der Waals surface area contributed by atoms with Crippen LogP contribution in [0.25, 0.3) is 16.6 Å². The molecule has 1 saturated heterocycles. The number of oxime groups is 1. The molecule has 0 spiro atoms. The molecule has 4 aromatic rings. The van der Waals surface area contributed by atoms with Crippen LogP contribution in [-0.2, 0) is 4.74 Å².